The number of aldehydes is 1. The van der Waals surface area contributed by atoms with Crippen molar-refractivity contribution in [1.82, 2.24) is 4.57 Å². The Hall–Kier alpha value is -2.40. The van der Waals surface area contributed by atoms with Gasteiger partial charge >= 0.3 is 0 Å². The van der Waals surface area contributed by atoms with E-state index in [2.05, 4.69) is 5.32 Å². The van der Waals surface area contributed by atoms with E-state index in [0.717, 1.165) is 30.7 Å². The zero-order valence-electron chi connectivity index (χ0n) is 13.8. The number of hydrogen-bond donors (Lipinski definition) is 1. The van der Waals surface area contributed by atoms with Gasteiger partial charge in [-0.2, -0.15) is 0 Å². The Bertz CT molecular complexity index is 762. The van der Waals surface area contributed by atoms with E-state index in [-0.39, 0.29) is 17.2 Å². The third-order valence-electron chi connectivity index (χ3n) is 4.39. The number of ether oxygens (including phenoxy) is 1. The van der Waals surface area contributed by atoms with Crippen LogP contribution in [-0.2, 0) is 11.3 Å². The number of aryl methyl sites for hydroxylation is 1. The summed E-state index contributed by atoms with van der Waals surface area (Å²) >= 11 is 0. The molecule has 1 aliphatic rings. The number of nitrogens with zero attached hydrogens (tertiary/aromatic N) is 1. The zero-order chi connectivity index (χ0) is 16.9. The van der Waals surface area contributed by atoms with Crippen molar-refractivity contribution in [2.75, 3.05) is 18.5 Å². The molecule has 1 aliphatic heterocycles. The van der Waals surface area contributed by atoms with Gasteiger partial charge in [-0.15, -0.1) is 0 Å². The van der Waals surface area contributed by atoms with Crippen molar-refractivity contribution in [2.24, 2.45) is 0 Å². The van der Waals surface area contributed by atoms with E-state index in [1.807, 2.05) is 43.3 Å². The van der Waals surface area contributed by atoms with E-state index < -0.39 is 0 Å². The highest BCUT2D eigenvalue weighted by Crippen LogP contribution is 2.17. The van der Waals surface area contributed by atoms with E-state index >= 15 is 0 Å². The van der Waals surface area contributed by atoms with E-state index in [9.17, 15) is 9.59 Å². The van der Waals surface area contributed by atoms with Crippen LogP contribution in [0.15, 0.2) is 41.2 Å². The quantitative estimate of drug-likeness (QED) is 0.829. The Labute approximate surface area is 141 Å². The van der Waals surface area contributed by atoms with Gasteiger partial charge in [0.05, 0.1) is 18.3 Å². The minimum atomic E-state index is -0.260. The summed E-state index contributed by atoms with van der Waals surface area (Å²) in [4.78, 5) is 24.2. The minimum Gasteiger partial charge on any atom is -0.382 e. The van der Waals surface area contributed by atoms with Crippen LogP contribution in [0.2, 0.25) is 0 Å². The van der Waals surface area contributed by atoms with Crippen LogP contribution in [0.1, 0.15) is 34.5 Å². The first-order valence-electron chi connectivity index (χ1n) is 8.28. The highest BCUT2D eigenvalue weighted by atomic mass is 16.5. The number of hydrogen-bond acceptors (Lipinski definition) is 4. The van der Waals surface area contributed by atoms with Gasteiger partial charge in [-0.05, 0) is 31.4 Å². The van der Waals surface area contributed by atoms with Crippen LogP contribution in [0, 0.1) is 6.92 Å². The van der Waals surface area contributed by atoms with Crippen LogP contribution in [0.25, 0.3) is 0 Å². The molecule has 0 unspecified atom stereocenters. The van der Waals surface area contributed by atoms with Gasteiger partial charge in [-0.3, -0.25) is 9.59 Å². The Balaban J connectivity index is 1.86. The lowest BCUT2D eigenvalue weighted by Gasteiger charge is -2.17. The fourth-order valence-electron chi connectivity index (χ4n) is 3.04. The average molecular weight is 326 g/mol. The largest absolute Gasteiger partial charge is 0.382 e. The van der Waals surface area contributed by atoms with Crippen molar-refractivity contribution in [3.8, 4) is 0 Å². The first kappa shape index (κ1) is 16.5. The molecule has 0 bridgehead atoms. The highest BCUT2D eigenvalue weighted by molar-refractivity contribution is 5.83. The maximum absolute atomic E-state index is 12.7. The molecule has 5 heteroatoms. The topological polar surface area (TPSA) is 60.3 Å². The van der Waals surface area contributed by atoms with Gasteiger partial charge in [0, 0.05) is 18.8 Å². The summed E-state index contributed by atoms with van der Waals surface area (Å²) in [6.07, 6.45) is 2.86. The Morgan fingerprint density at radius 2 is 2.12 bits per heavy atom. The molecule has 0 radical (unpaired) electrons. The van der Waals surface area contributed by atoms with Crippen LogP contribution in [0.5, 0.6) is 0 Å². The monoisotopic (exact) mass is 326 g/mol. The fourth-order valence-corrected chi connectivity index (χ4v) is 3.04. The second-order valence-electron chi connectivity index (χ2n) is 6.12. The van der Waals surface area contributed by atoms with Gasteiger partial charge in [0.1, 0.15) is 5.56 Å². The van der Waals surface area contributed by atoms with Gasteiger partial charge in [0.2, 0.25) is 0 Å². The molecule has 0 aliphatic carbocycles. The van der Waals surface area contributed by atoms with Crippen molar-refractivity contribution in [1.29, 1.82) is 0 Å². The molecule has 24 heavy (non-hydrogen) atoms. The summed E-state index contributed by atoms with van der Waals surface area (Å²) in [7, 11) is 0. The molecule has 126 valence electrons. The number of anilines is 1. The number of rotatable bonds is 6. The van der Waals surface area contributed by atoms with Gasteiger partial charge < -0.3 is 14.6 Å². The number of carbonyl (C=O) groups excluding carboxylic acids is 1. The molecule has 1 saturated heterocycles. The molecule has 1 aromatic carbocycles. The third-order valence-corrected chi connectivity index (χ3v) is 4.39. The second-order valence-corrected chi connectivity index (χ2v) is 6.12. The number of aromatic nitrogens is 1. The number of benzene rings is 1. The molecule has 0 spiro atoms. The van der Waals surface area contributed by atoms with E-state index in [1.54, 1.807) is 4.57 Å². The summed E-state index contributed by atoms with van der Waals surface area (Å²) in [5.41, 5.74) is 2.36. The second kappa shape index (κ2) is 7.45. The predicted molar refractivity (Wildman–Crippen MR) is 93.8 cm³/mol. The van der Waals surface area contributed by atoms with Crippen LogP contribution >= 0.6 is 0 Å². The summed E-state index contributed by atoms with van der Waals surface area (Å²) in [5, 5.41) is 3.21. The molecule has 1 fully saturated rings. The molecule has 1 atom stereocenters. The van der Waals surface area contributed by atoms with Crippen LogP contribution in [-0.4, -0.2) is 30.1 Å². The SMILES string of the molecule is Cc1cc(NC[C@H]2CCCO2)c(C=O)c(=O)n1Cc1ccccc1. The fraction of sp³-hybridized carbons (Fsp3) is 0.368. The Morgan fingerprint density at radius 3 is 2.79 bits per heavy atom. The van der Waals surface area contributed by atoms with Crippen LogP contribution in [0.3, 0.4) is 0 Å². The van der Waals surface area contributed by atoms with E-state index in [0.29, 0.717) is 25.1 Å². The highest BCUT2D eigenvalue weighted by Gasteiger charge is 2.17. The summed E-state index contributed by atoms with van der Waals surface area (Å²) < 4.78 is 7.21. The van der Waals surface area contributed by atoms with Gasteiger partial charge in [0.25, 0.3) is 5.56 Å². The van der Waals surface area contributed by atoms with Crippen LogP contribution in [0.4, 0.5) is 5.69 Å². The Kier molecular flexibility index (Phi) is 5.11. The zero-order valence-corrected chi connectivity index (χ0v) is 13.8. The molecule has 3 rings (SSSR count). The lowest BCUT2D eigenvalue weighted by atomic mass is 10.1. The number of nitrogens with one attached hydrogen (secondary N) is 1. The van der Waals surface area contributed by atoms with Crippen molar-refractivity contribution in [3.63, 3.8) is 0 Å². The molecule has 0 saturated carbocycles. The lowest BCUT2D eigenvalue weighted by molar-refractivity contribution is 0.112. The summed E-state index contributed by atoms with van der Waals surface area (Å²) in [6, 6.07) is 11.6. The van der Waals surface area contributed by atoms with E-state index in [1.165, 1.54) is 0 Å². The van der Waals surface area contributed by atoms with Crippen molar-refractivity contribution < 1.29 is 9.53 Å². The summed E-state index contributed by atoms with van der Waals surface area (Å²) in [5.74, 6) is 0. The van der Waals surface area contributed by atoms with Crippen molar-refractivity contribution in [3.05, 3.63) is 63.6 Å². The minimum absolute atomic E-state index is 0.150. The van der Waals surface area contributed by atoms with Gasteiger partial charge in [-0.1, -0.05) is 30.3 Å². The summed E-state index contributed by atoms with van der Waals surface area (Å²) in [6.45, 7) is 3.74. The molecule has 2 heterocycles. The molecule has 1 N–H and O–H groups in total. The molecular formula is C19H22N2O3. The maximum Gasteiger partial charge on any atom is 0.263 e. The average Bonchev–Trinajstić information content (AvgIpc) is 3.11. The lowest BCUT2D eigenvalue weighted by Crippen LogP contribution is -2.28. The smallest absolute Gasteiger partial charge is 0.263 e. The van der Waals surface area contributed by atoms with Crippen molar-refractivity contribution in [2.45, 2.75) is 32.4 Å². The standard InChI is InChI=1S/C19H22N2O3/c1-14-10-18(20-11-16-8-5-9-24-16)17(13-22)19(23)21(14)12-15-6-3-2-4-7-15/h2-4,6-7,10,13,16,20H,5,8-9,11-12H2,1H3/t16-/m1/s1. The molecule has 1 aromatic heterocycles. The maximum atomic E-state index is 12.7. The molecule has 2 aromatic rings. The number of carbonyl (C=O) groups is 1. The van der Waals surface area contributed by atoms with Crippen LogP contribution < -0.4 is 10.9 Å². The third kappa shape index (κ3) is 3.57. The Morgan fingerprint density at radius 1 is 1.33 bits per heavy atom. The normalized spacial score (nSPS) is 17.0. The molecule has 0 amide bonds. The molecule has 5 nitrogen and oxygen atoms in total. The predicted octanol–water partition coefficient (Wildman–Crippen LogP) is 2.61. The number of pyridine rings is 1. The molecular weight excluding hydrogens is 304 g/mol. The van der Waals surface area contributed by atoms with Gasteiger partial charge in [0.15, 0.2) is 6.29 Å². The first-order valence-corrected chi connectivity index (χ1v) is 8.28. The van der Waals surface area contributed by atoms with Crippen molar-refractivity contribution >= 4 is 12.0 Å². The van der Waals surface area contributed by atoms with E-state index in [4.69, 9.17) is 4.74 Å². The van der Waals surface area contributed by atoms with Gasteiger partial charge in [-0.25, -0.2) is 0 Å². The first-order chi connectivity index (χ1) is 11.7.